The maximum atomic E-state index is 5.63. The van der Waals surface area contributed by atoms with Crippen molar-refractivity contribution >= 4 is 11.5 Å². The van der Waals surface area contributed by atoms with Crippen molar-refractivity contribution < 1.29 is 0 Å². The van der Waals surface area contributed by atoms with Gasteiger partial charge in [-0.05, 0) is 0 Å². The van der Waals surface area contributed by atoms with E-state index in [4.69, 9.17) is 5.73 Å². The van der Waals surface area contributed by atoms with Gasteiger partial charge in [-0.3, -0.25) is 0 Å². The Bertz CT molecular complexity index is 595. The molecule has 2 heterocycles. The summed E-state index contributed by atoms with van der Waals surface area (Å²) in [5.41, 5.74) is 8.54. The van der Waals surface area contributed by atoms with Crippen LogP contribution in [0.15, 0.2) is 36.4 Å². The van der Waals surface area contributed by atoms with Gasteiger partial charge in [-0.15, -0.1) is 10.2 Å². The lowest BCUT2D eigenvalue weighted by molar-refractivity contribution is 0.583. The molecule has 0 bridgehead atoms. The quantitative estimate of drug-likeness (QED) is 0.762. The third kappa shape index (κ3) is 3.35. The SMILES string of the molecule is NCCNc1cc(N2CCNCC2)nnc1-c1ccccc1. The molecule has 1 aliphatic heterocycles. The summed E-state index contributed by atoms with van der Waals surface area (Å²) in [5.74, 6) is 0.917. The number of anilines is 2. The fraction of sp³-hybridized carbons (Fsp3) is 0.375. The van der Waals surface area contributed by atoms with Gasteiger partial charge >= 0.3 is 0 Å². The molecule has 1 fully saturated rings. The third-order valence-corrected chi connectivity index (χ3v) is 3.73. The molecule has 0 unspecified atom stereocenters. The Labute approximate surface area is 130 Å². The highest BCUT2D eigenvalue weighted by atomic mass is 15.3. The second kappa shape index (κ2) is 7.20. The van der Waals surface area contributed by atoms with Crippen molar-refractivity contribution in [3.8, 4) is 11.3 Å². The van der Waals surface area contributed by atoms with Crippen molar-refractivity contribution in [2.75, 3.05) is 49.5 Å². The van der Waals surface area contributed by atoms with Crippen LogP contribution < -0.4 is 21.3 Å². The molecule has 0 spiro atoms. The fourth-order valence-corrected chi connectivity index (χ4v) is 2.58. The molecule has 4 N–H and O–H groups in total. The Balaban J connectivity index is 1.92. The number of hydrogen-bond donors (Lipinski definition) is 3. The lowest BCUT2D eigenvalue weighted by atomic mass is 10.1. The van der Waals surface area contributed by atoms with Crippen molar-refractivity contribution in [2.24, 2.45) is 5.73 Å². The second-order valence-electron chi connectivity index (χ2n) is 5.28. The normalized spacial score (nSPS) is 14.9. The van der Waals surface area contributed by atoms with Gasteiger partial charge in [-0.1, -0.05) is 30.3 Å². The number of piperazine rings is 1. The van der Waals surface area contributed by atoms with E-state index < -0.39 is 0 Å². The maximum absolute atomic E-state index is 5.63. The van der Waals surface area contributed by atoms with E-state index in [9.17, 15) is 0 Å². The van der Waals surface area contributed by atoms with Crippen molar-refractivity contribution in [1.82, 2.24) is 15.5 Å². The summed E-state index contributed by atoms with van der Waals surface area (Å²) in [6.45, 7) is 5.17. The first kappa shape index (κ1) is 14.7. The van der Waals surface area contributed by atoms with Crippen LogP contribution in [-0.2, 0) is 0 Å². The Morgan fingerprint density at radius 2 is 1.91 bits per heavy atom. The van der Waals surface area contributed by atoms with Crippen LogP contribution in [0.3, 0.4) is 0 Å². The lowest BCUT2D eigenvalue weighted by Crippen LogP contribution is -2.44. The van der Waals surface area contributed by atoms with Gasteiger partial charge in [0.1, 0.15) is 5.69 Å². The fourth-order valence-electron chi connectivity index (χ4n) is 2.58. The van der Waals surface area contributed by atoms with Gasteiger partial charge < -0.3 is 21.3 Å². The number of nitrogens with one attached hydrogen (secondary N) is 2. The molecule has 0 radical (unpaired) electrons. The molecule has 0 amide bonds. The van der Waals surface area contributed by atoms with Crippen LogP contribution in [-0.4, -0.2) is 49.5 Å². The summed E-state index contributed by atoms with van der Waals surface area (Å²) >= 11 is 0. The summed E-state index contributed by atoms with van der Waals surface area (Å²) in [4.78, 5) is 2.26. The topological polar surface area (TPSA) is 79.1 Å². The summed E-state index contributed by atoms with van der Waals surface area (Å²) in [6.07, 6.45) is 0. The van der Waals surface area contributed by atoms with Crippen LogP contribution in [0.25, 0.3) is 11.3 Å². The summed E-state index contributed by atoms with van der Waals surface area (Å²) in [6, 6.07) is 12.2. The van der Waals surface area contributed by atoms with Gasteiger partial charge in [0, 0.05) is 50.9 Å². The summed E-state index contributed by atoms with van der Waals surface area (Å²) in [5, 5.41) is 15.6. The molecule has 1 aromatic heterocycles. The molecule has 1 aliphatic rings. The molecule has 0 saturated carbocycles. The zero-order chi connectivity index (χ0) is 15.2. The minimum atomic E-state index is 0.583. The van der Waals surface area contributed by atoms with Crippen LogP contribution in [0.1, 0.15) is 0 Å². The van der Waals surface area contributed by atoms with Crippen molar-refractivity contribution in [2.45, 2.75) is 0 Å². The molecule has 1 aromatic carbocycles. The molecule has 0 aliphatic carbocycles. The molecule has 116 valence electrons. The van der Waals surface area contributed by atoms with Gasteiger partial charge in [0.2, 0.25) is 0 Å². The van der Waals surface area contributed by atoms with Crippen LogP contribution in [0.2, 0.25) is 0 Å². The summed E-state index contributed by atoms with van der Waals surface area (Å²) < 4.78 is 0. The molecule has 3 rings (SSSR count). The van der Waals surface area contributed by atoms with Crippen molar-refractivity contribution in [3.63, 3.8) is 0 Å². The summed E-state index contributed by atoms with van der Waals surface area (Å²) in [7, 11) is 0. The number of hydrogen-bond acceptors (Lipinski definition) is 6. The standard InChI is InChI=1S/C16H22N6/c17-6-7-19-14-12-15(22-10-8-18-9-11-22)20-21-16(14)13-4-2-1-3-5-13/h1-5,12,18H,6-11,17H2,(H,19,20). The van der Waals surface area contributed by atoms with Gasteiger partial charge in [0.05, 0.1) is 5.69 Å². The highest BCUT2D eigenvalue weighted by molar-refractivity contribution is 5.75. The average molecular weight is 298 g/mol. The van der Waals surface area contributed by atoms with E-state index in [0.29, 0.717) is 13.1 Å². The van der Waals surface area contributed by atoms with Crippen LogP contribution in [0, 0.1) is 0 Å². The van der Waals surface area contributed by atoms with Crippen LogP contribution in [0.4, 0.5) is 11.5 Å². The number of aromatic nitrogens is 2. The number of benzene rings is 1. The molecule has 6 nitrogen and oxygen atoms in total. The average Bonchev–Trinajstić information content (AvgIpc) is 2.61. The second-order valence-corrected chi connectivity index (χ2v) is 5.28. The molecule has 1 saturated heterocycles. The van der Waals surface area contributed by atoms with Gasteiger partial charge in [0.25, 0.3) is 0 Å². The number of rotatable bonds is 5. The van der Waals surface area contributed by atoms with E-state index in [0.717, 1.165) is 48.9 Å². The molecule has 6 heteroatoms. The van der Waals surface area contributed by atoms with Gasteiger partial charge in [0.15, 0.2) is 5.82 Å². The van der Waals surface area contributed by atoms with Crippen molar-refractivity contribution in [1.29, 1.82) is 0 Å². The van der Waals surface area contributed by atoms with Crippen molar-refractivity contribution in [3.05, 3.63) is 36.4 Å². The molecule has 22 heavy (non-hydrogen) atoms. The first-order chi connectivity index (χ1) is 10.9. The first-order valence-electron chi connectivity index (χ1n) is 7.71. The third-order valence-electron chi connectivity index (χ3n) is 3.73. The smallest absolute Gasteiger partial charge is 0.153 e. The van der Waals surface area contributed by atoms with Crippen LogP contribution >= 0.6 is 0 Å². The Morgan fingerprint density at radius 1 is 1.14 bits per heavy atom. The van der Waals surface area contributed by atoms with E-state index >= 15 is 0 Å². The van der Waals surface area contributed by atoms with E-state index in [-0.39, 0.29) is 0 Å². The highest BCUT2D eigenvalue weighted by Gasteiger charge is 2.15. The minimum absolute atomic E-state index is 0.583. The molecular formula is C16H22N6. The van der Waals surface area contributed by atoms with E-state index in [2.05, 4.69) is 31.8 Å². The number of nitrogens with zero attached hydrogens (tertiary/aromatic N) is 3. The van der Waals surface area contributed by atoms with Gasteiger partial charge in [-0.2, -0.15) is 0 Å². The van der Waals surface area contributed by atoms with E-state index in [1.54, 1.807) is 0 Å². The largest absolute Gasteiger partial charge is 0.382 e. The zero-order valence-electron chi connectivity index (χ0n) is 12.6. The minimum Gasteiger partial charge on any atom is -0.382 e. The Morgan fingerprint density at radius 3 is 2.64 bits per heavy atom. The maximum Gasteiger partial charge on any atom is 0.153 e. The predicted molar refractivity (Wildman–Crippen MR) is 90.1 cm³/mol. The molecular weight excluding hydrogens is 276 g/mol. The number of nitrogens with two attached hydrogens (primary N) is 1. The van der Waals surface area contributed by atoms with Gasteiger partial charge in [-0.25, -0.2) is 0 Å². The highest BCUT2D eigenvalue weighted by Crippen LogP contribution is 2.27. The molecule has 0 atom stereocenters. The van der Waals surface area contributed by atoms with E-state index in [1.807, 2.05) is 30.3 Å². The molecule has 2 aromatic rings. The first-order valence-corrected chi connectivity index (χ1v) is 7.71. The Kier molecular flexibility index (Phi) is 4.82. The monoisotopic (exact) mass is 298 g/mol. The van der Waals surface area contributed by atoms with Crippen LogP contribution in [0.5, 0.6) is 0 Å². The Hall–Kier alpha value is -2.18. The van der Waals surface area contributed by atoms with E-state index in [1.165, 1.54) is 0 Å². The zero-order valence-corrected chi connectivity index (χ0v) is 12.6. The lowest BCUT2D eigenvalue weighted by Gasteiger charge is -2.28. The predicted octanol–water partition coefficient (Wildman–Crippen LogP) is 0.924.